The highest BCUT2D eigenvalue weighted by Gasteiger charge is 2.34. The minimum absolute atomic E-state index is 0.0559. The Labute approximate surface area is 195 Å². The maximum Gasteiger partial charge on any atom is 0.330 e. The van der Waals surface area contributed by atoms with Crippen molar-refractivity contribution >= 4 is 28.0 Å². The van der Waals surface area contributed by atoms with Gasteiger partial charge in [0.05, 0.1) is 21.3 Å². The fourth-order valence-electron chi connectivity index (χ4n) is 4.38. The van der Waals surface area contributed by atoms with Crippen LogP contribution in [-0.4, -0.2) is 77.0 Å². The molecule has 9 nitrogen and oxygen atoms in total. The van der Waals surface area contributed by atoms with Gasteiger partial charge in [0.1, 0.15) is 4.90 Å². The quantitative estimate of drug-likeness (QED) is 0.416. The molecule has 3 rings (SSSR count). The van der Waals surface area contributed by atoms with Crippen molar-refractivity contribution in [1.82, 2.24) is 9.21 Å². The Hall–Kier alpha value is -2.59. The van der Waals surface area contributed by atoms with Crippen molar-refractivity contribution in [2.24, 2.45) is 5.92 Å². The molecule has 0 radical (unpaired) electrons. The number of hydrogen-bond donors (Lipinski definition) is 0. The van der Waals surface area contributed by atoms with Gasteiger partial charge in [-0.05, 0) is 42.5 Å². The smallest absolute Gasteiger partial charge is 0.330 e. The van der Waals surface area contributed by atoms with E-state index in [1.807, 2.05) is 0 Å². The van der Waals surface area contributed by atoms with Crippen LogP contribution in [0.25, 0.3) is 6.08 Å². The number of nitrogens with zero attached hydrogens (tertiary/aromatic N) is 2. The Morgan fingerprint density at radius 2 is 1.70 bits per heavy atom. The molecule has 1 saturated heterocycles. The highest BCUT2D eigenvalue weighted by atomic mass is 32.2. The van der Waals surface area contributed by atoms with Crippen molar-refractivity contribution in [1.29, 1.82) is 0 Å². The molecule has 2 fully saturated rings. The molecule has 0 bridgehead atoms. The Morgan fingerprint density at radius 1 is 1.03 bits per heavy atom. The molecule has 1 amide bonds. The third-order valence-electron chi connectivity index (χ3n) is 6.23. The molecule has 1 saturated carbocycles. The van der Waals surface area contributed by atoms with E-state index in [9.17, 15) is 18.0 Å². The van der Waals surface area contributed by atoms with Crippen molar-refractivity contribution < 1.29 is 32.2 Å². The first kappa shape index (κ1) is 25.0. The van der Waals surface area contributed by atoms with Crippen LogP contribution in [0.15, 0.2) is 23.1 Å². The van der Waals surface area contributed by atoms with Crippen LogP contribution in [0.5, 0.6) is 11.5 Å². The van der Waals surface area contributed by atoms with Gasteiger partial charge in [0.25, 0.3) is 0 Å². The lowest BCUT2D eigenvalue weighted by molar-refractivity contribution is -0.135. The van der Waals surface area contributed by atoms with Gasteiger partial charge < -0.3 is 19.1 Å². The molecule has 0 spiro atoms. The summed E-state index contributed by atoms with van der Waals surface area (Å²) < 4.78 is 43.7. The highest BCUT2D eigenvalue weighted by Crippen LogP contribution is 2.38. The van der Waals surface area contributed by atoms with Crippen molar-refractivity contribution in [2.45, 2.75) is 37.0 Å². The molecule has 1 aromatic rings. The largest absolute Gasteiger partial charge is 0.493 e. The fraction of sp³-hybridized carbons (Fsp3) is 0.565. The van der Waals surface area contributed by atoms with Gasteiger partial charge in [0, 0.05) is 38.7 Å². The Bertz CT molecular complexity index is 992. The number of methoxy groups -OCH3 is 3. The minimum Gasteiger partial charge on any atom is -0.493 e. The molecular weight excluding hydrogens is 448 g/mol. The predicted octanol–water partition coefficient (Wildman–Crippen LogP) is 2.30. The fourth-order valence-corrected chi connectivity index (χ4v) is 6.00. The van der Waals surface area contributed by atoms with Gasteiger partial charge in [-0.2, -0.15) is 4.31 Å². The zero-order valence-corrected chi connectivity index (χ0v) is 20.2. The summed E-state index contributed by atoms with van der Waals surface area (Å²) in [6, 6.07) is 3.02. The van der Waals surface area contributed by atoms with Crippen LogP contribution in [0.2, 0.25) is 0 Å². The van der Waals surface area contributed by atoms with Gasteiger partial charge in [-0.15, -0.1) is 0 Å². The van der Waals surface area contributed by atoms with E-state index >= 15 is 0 Å². The standard InChI is InChI=1S/C23H32N2O7S/c1-30-19-14-18(8-9-22(27)31-2)15-20(23(19)32-3)33(28,29)25-12-10-24(11-13-25)21(26)16-17-6-4-5-7-17/h8-9,14-15,17H,4-7,10-13,16H2,1-3H3/b9-8+. The molecule has 182 valence electrons. The van der Waals surface area contributed by atoms with E-state index in [-0.39, 0.29) is 35.4 Å². The van der Waals surface area contributed by atoms with Crippen molar-refractivity contribution in [3.05, 3.63) is 23.8 Å². The van der Waals surface area contributed by atoms with E-state index in [1.54, 1.807) is 11.0 Å². The average Bonchev–Trinajstić information content (AvgIpc) is 3.34. The zero-order valence-electron chi connectivity index (χ0n) is 19.4. The summed E-state index contributed by atoms with van der Waals surface area (Å²) in [7, 11) is 0.113. The first-order valence-electron chi connectivity index (χ1n) is 11.1. The summed E-state index contributed by atoms with van der Waals surface area (Å²) in [6.45, 7) is 1.11. The van der Waals surface area contributed by atoms with Gasteiger partial charge in [0.2, 0.25) is 15.9 Å². The molecule has 0 aromatic heterocycles. The van der Waals surface area contributed by atoms with E-state index in [1.165, 1.54) is 56.7 Å². The number of sulfonamides is 1. The summed E-state index contributed by atoms with van der Waals surface area (Å²) in [5.74, 6) is 0.318. The molecule has 1 aliphatic carbocycles. The molecule has 1 aromatic carbocycles. The number of carbonyl (C=O) groups excluding carboxylic acids is 2. The summed E-state index contributed by atoms with van der Waals surface area (Å²) in [6.07, 6.45) is 7.77. The lowest BCUT2D eigenvalue weighted by atomic mass is 10.0. The Morgan fingerprint density at radius 3 is 2.27 bits per heavy atom. The second-order valence-electron chi connectivity index (χ2n) is 8.25. The molecule has 10 heteroatoms. The second kappa shape index (κ2) is 11.0. The monoisotopic (exact) mass is 480 g/mol. The predicted molar refractivity (Wildman–Crippen MR) is 123 cm³/mol. The first-order valence-corrected chi connectivity index (χ1v) is 12.5. The van der Waals surface area contributed by atoms with Crippen LogP contribution in [0.4, 0.5) is 0 Å². The summed E-state index contributed by atoms with van der Waals surface area (Å²) in [4.78, 5) is 25.8. The van der Waals surface area contributed by atoms with Crippen molar-refractivity contribution in [3.8, 4) is 11.5 Å². The molecular formula is C23H32N2O7S. The maximum absolute atomic E-state index is 13.5. The van der Waals surface area contributed by atoms with Crippen LogP contribution < -0.4 is 9.47 Å². The number of benzene rings is 1. The van der Waals surface area contributed by atoms with E-state index in [2.05, 4.69) is 4.74 Å². The van der Waals surface area contributed by atoms with Crippen LogP contribution in [0, 0.1) is 5.92 Å². The van der Waals surface area contributed by atoms with Crippen LogP contribution >= 0.6 is 0 Å². The molecule has 1 heterocycles. The minimum atomic E-state index is -3.94. The highest BCUT2D eigenvalue weighted by molar-refractivity contribution is 7.89. The van der Waals surface area contributed by atoms with Gasteiger partial charge in [-0.3, -0.25) is 4.79 Å². The van der Waals surface area contributed by atoms with Crippen LogP contribution in [0.1, 0.15) is 37.7 Å². The molecule has 1 aliphatic heterocycles. The molecule has 2 aliphatic rings. The third-order valence-corrected chi connectivity index (χ3v) is 8.13. The van der Waals surface area contributed by atoms with Gasteiger partial charge >= 0.3 is 5.97 Å². The normalized spacial score (nSPS) is 18.0. The van der Waals surface area contributed by atoms with Gasteiger partial charge in [-0.25, -0.2) is 13.2 Å². The van der Waals surface area contributed by atoms with Crippen LogP contribution in [-0.2, 0) is 24.3 Å². The Kier molecular flexibility index (Phi) is 8.36. The number of esters is 1. The number of amides is 1. The van der Waals surface area contributed by atoms with Gasteiger partial charge in [-0.1, -0.05) is 12.8 Å². The SMILES string of the molecule is COC(=O)/C=C/c1cc(OC)c(OC)c(S(=O)(=O)N2CCN(C(=O)CC3CCCC3)CC2)c1. The number of piperazine rings is 1. The van der Waals surface area contributed by atoms with E-state index in [4.69, 9.17) is 9.47 Å². The number of carbonyl (C=O) groups is 2. The second-order valence-corrected chi connectivity index (χ2v) is 10.2. The number of ether oxygens (including phenoxy) is 3. The molecule has 0 N–H and O–H groups in total. The summed E-state index contributed by atoms with van der Waals surface area (Å²) in [5.41, 5.74) is 0.446. The average molecular weight is 481 g/mol. The summed E-state index contributed by atoms with van der Waals surface area (Å²) in [5, 5.41) is 0. The van der Waals surface area contributed by atoms with E-state index in [0.29, 0.717) is 31.0 Å². The first-order chi connectivity index (χ1) is 15.8. The third kappa shape index (κ3) is 5.86. The topological polar surface area (TPSA) is 102 Å². The maximum atomic E-state index is 13.5. The molecule has 0 atom stereocenters. The van der Waals surface area contributed by atoms with Gasteiger partial charge in [0.15, 0.2) is 11.5 Å². The lowest BCUT2D eigenvalue weighted by Crippen LogP contribution is -2.50. The molecule has 33 heavy (non-hydrogen) atoms. The van der Waals surface area contributed by atoms with Crippen molar-refractivity contribution in [3.63, 3.8) is 0 Å². The summed E-state index contributed by atoms with van der Waals surface area (Å²) >= 11 is 0. The Balaban J connectivity index is 1.79. The number of hydrogen-bond acceptors (Lipinski definition) is 7. The number of rotatable bonds is 8. The zero-order chi connectivity index (χ0) is 24.0. The van der Waals surface area contributed by atoms with Crippen molar-refractivity contribution in [2.75, 3.05) is 47.5 Å². The lowest BCUT2D eigenvalue weighted by Gasteiger charge is -2.34. The van der Waals surface area contributed by atoms with Crippen LogP contribution in [0.3, 0.4) is 0 Å². The van der Waals surface area contributed by atoms with E-state index < -0.39 is 16.0 Å². The van der Waals surface area contributed by atoms with E-state index in [0.717, 1.165) is 12.8 Å². The molecule has 0 unspecified atom stereocenters.